The lowest BCUT2D eigenvalue weighted by molar-refractivity contribution is -0.118. The van der Waals surface area contributed by atoms with Gasteiger partial charge < -0.3 is 5.11 Å². The third kappa shape index (κ3) is 2.75. The molecule has 2 aliphatic carbocycles. The molecule has 1 aliphatic heterocycles. The lowest BCUT2D eigenvalue weighted by atomic mass is 9.66. The number of carbonyl (C=O) groups is 2. The minimum absolute atomic E-state index is 0.0205. The summed E-state index contributed by atoms with van der Waals surface area (Å²) in [7, 11) is 0. The summed E-state index contributed by atoms with van der Waals surface area (Å²) in [6, 6.07) is 12.7. The molecule has 1 N–H and O–H groups in total. The normalized spacial score (nSPS) is 24.7. The topological polar surface area (TPSA) is 66.7 Å². The summed E-state index contributed by atoms with van der Waals surface area (Å²) in [6.07, 6.45) is 1.09. The number of aliphatic imine (C=N–C) groups is 1. The molecule has 4 nitrogen and oxygen atoms in total. The maximum Gasteiger partial charge on any atom is 0.173 e. The molecule has 5 heteroatoms. The molecule has 0 saturated heterocycles. The van der Waals surface area contributed by atoms with Crippen LogP contribution in [0.2, 0.25) is 0 Å². The number of nitrogens with zero attached hydrogens (tertiary/aromatic N) is 1. The van der Waals surface area contributed by atoms with Crippen molar-refractivity contribution in [2.45, 2.75) is 32.6 Å². The van der Waals surface area contributed by atoms with E-state index in [1.165, 1.54) is 0 Å². The Bertz CT molecular complexity index is 1160. The highest BCUT2D eigenvalue weighted by molar-refractivity contribution is 9.10. The molecular weight excluding hydrogens is 430 g/mol. The summed E-state index contributed by atoms with van der Waals surface area (Å²) in [5.41, 5.74) is 3.96. The van der Waals surface area contributed by atoms with E-state index in [9.17, 15) is 14.7 Å². The smallest absolute Gasteiger partial charge is 0.173 e. The minimum atomic E-state index is -0.587. The lowest BCUT2D eigenvalue weighted by Crippen LogP contribution is -2.37. The summed E-state index contributed by atoms with van der Waals surface area (Å²) >= 11 is 3.47. The van der Waals surface area contributed by atoms with Crippen molar-refractivity contribution in [2.75, 3.05) is 0 Å². The first-order chi connectivity index (χ1) is 13.8. The average Bonchev–Trinajstić information content (AvgIpc) is 2.94. The highest BCUT2D eigenvalue weighted by atomic mass is 79.9. The highest BCUT2D eigenvalue weighted by Gasteiger charge is 2.50. The molecule has 1 heterocycles. The number of aromatic hydroxyl groups is 1. The van der Waals surface area contributed by atoms with Crippen LogP contribution in [-0.4, -0.2) is 22.4 Å². The molecule has 0 aromatic heterocycles. The van der Waals surface area contributed by atoms with E-state index in [-0.39, 0.29) is 22.7 Å². The number of allylic oxidation sites excluding steroid dienone is 2. The van der Waals surface area contributed by atoms with Crippen LogP contribution < -0.4 is 0 Å². The predicted molar refractivity (Wildman–Crippen MR) is 114 cm³/mol. The van der Waals surface area contributed by atoms with Crippen molar-refractivity contribution in [1.82, 2.24) is 0 Å². The highest BCUT2D eigenvalue weighted by Crippen LogP contribution is 2.52. The average molecular weight is 450 g/mol. The second-order valence-electron chi connectivity index (χ2n) is 8.87. The number of hydrogen-bond acceptors (Lipinski definition) is 4. The van der Waals surface area contributed by atoms with Crippen molar-refractivity contribution in [3.05, 3.63) is 74.9 Å². The number of Topliss-reactive ketones (excluding diaryl/α,β-unsaturated/α-hetero) is 2. The monoisotopic (exact) mass is 449 g/mol. The number of fused-ring (bicyclic) bond motifs is 3. The zero-order chi connectivity index (χ0) is 20.5. The molecular formula is C24H20BrNO3. The van der Waals surface area contributed by atoms with Gasteiger partial charge in [-0.3, -0.25) is 14.6 Å². The van der Waals surface area contributed by atoms with Gasteiger partial charge >= 0.3 is 0 Å². The largest absolute Gasteiger partial charge is 0.508 e. The summed E-state index contributed by atoms with van der Waals surface area (Å²) in [6.45, 7) is 4.14. The Morgan fingerprint density at radius 1 is 1.03 bits per heavy atom. The SMILES string of the molecule is CC1(C)CC(=O)C2=C(C1)N=C1c3ccccc3C(=O)[C@@H]1[C@@H]2c1cc(Br)ccc1O. The maximum atomic E-state index is 13.4. The van der Waals surface area contributed by atoms with Gasteiger partial charge in [0.05, 0.1) is 11.6 Å². The van der Waals surface area contributed by atoms with E-state index in [0.717, 1.165) is 21.4 Å². The standard InChI is InChI=1S/C24H20BrNO3/c1-24(2)10-16-20(18(28)11-24)19(15-9-12(25)7-8-17(15)27)21-22(26-16)13-5-3-4-6-14(13)23(21)29/h3-9,19,21,27H,10-11H2,1-2H3/t19-,21-/m1/s1. The van der Waals surface area contributed by atoms with Crippen LogP contribution in [-0.2, 0) is 4.79 Å². The zero-order valence-electron chi connectivity index (χ0n) is 16.2. The molecule has 2 aromatic carbocycles. The van der Waals surface area contributed by atoms with E-state index >= 15 is 0 Å². The fourth-order valence-electron chi connectivity index (χ4n) is 5.00. The van der Waals surface area contributed by atoms with E-state index in [2.05, 4.69) is 29.8 Å². The molecule has 146 valence electrons. The molecule has 0 unspecified atom stereocenters. The van der Waals surface area contributed by atoms with Crippen LogP contribution in [0.15, 0.2) is 63.2 Å². The van der Waals surface area contributed by atoms with Gasteiger partial charge in [0, 0.05) is 44.8 Å². The van der Waals surface area contributed by atoms with Crippen LogP contribution in [0.25, 0.3) is 0 Å². The Hall–Kier alpha value is -2.53. The van der Waals surface area contributed by atoms with E-state index in [0.29, 0.717) is 29.5 Å². The minimum Gasteiger partial charge on any atom is -0.508 e. The van der Waals surface area contributed by atoms with Crippen LogP contribution in [0.5, 0.6) is 5.75 Å². The van der Waals surface area contributed by atoms with Crippen LogP contribution in [0.4, 0.5) is 0 Å². The molecule has 0 spiro atoms. The number of hydrogen-bond donors (Lipinski definition) is 1. The zero-order valence-corrected chi connectivity index (χ0v) is 17.8. The third-order valence-corrected chi connectivity index (χ3v) is 6.66. The first-order valence-corrected chi connectivity index (χ1v) is 10.5. The van der Waals surface area contributed by atoms with Crippen LogP contribution in [0, 0.1) is 11.3 Å². The first kappa shape index (κ1) is 18.5. The van der Waals surface area contributed by atoms with Gasteiger partial charge in [-0.15, -0.1) is 0 Å². The Morgan fingerprint density at radius 3 is 2.52 bits per heavy atom. The number of ketones is 2. The van der Waals surface area contributed by atoms with Gasteiger partial charge in [-0.25, -0.2) is 0 Å². The van der Waals surface area contributed by atoms with Gasteiger partial charge in [0.15, 0.2) is 11.6 Å². The molecule has 3 aliphatic rings. The molecule has 2 atom stereocenters. The fraction of sp³-hybridized carbons (Fsp3) is 0.292. The van der Waals surface area contributed by atoms with Gasteiger partial charge in [-0.05, 0) is 30.0 Å². The number of phenolic OH excluding ortho intramolecular Hbond substituents is 1. The molecule has 0 bridgehead atoms. The van der Waals surface area contributed by atoms with Gasteiger partial charge in [-0.1, -0.05) is 54.0 Å². The molecule has 0 radical (unpaired) electrons. The molecule has 2 aromatic rings. The third-order valence-electron chi connectivity index (χ3n) is 6.17. The summed E-state index contributed by atoms with van der Waals surface area (Å²) in [4.78, 5) is 31.6. The Balaban J connectivity index is 1.80. The number of rotatable bonds is 1. The molecule has 0 fully saturated rings. The Labute approximate surface area is 177 Å². The molecule has 29 heavy (non-hydrogen) atoms. The number of halogens is 1. The lowest BCUT2D eigenvalue weighted by Gasteiger charge is -2.38. The number of phenols is 1. The number of benzene rings is 2. The summed E-state index contributed by atoms with van der Waals surface area (Å²) in [5.74, 6) is -1.04. The van der Waals surface area contributed by atoms with Crippen molar-refractivity contribution in [3.63, 3.8) is 0 Å². The van der Waals surface area contributed by atoms with Crippen molar-refractivity contribution in [1.29, 1.82) is 0 Å². The van der Waals surface area contributed by atoms with Crippen molar-refractivity contribution in [3.8, 4) is 5.75 Å². The van der Waals surface area contributed by atoms with Crippen LogP contribution in [0.3, 0.4) is 0 Å². The quantitative estimate of drug-likeness (QED) is 0.650. The van der Waals surface area contributed by atoms with Crippen LogP contribution in [0.1, 0.15) is 54.1 Å². The van der Waals surface area contributed by atoms with Gasteiger partial charge in [0.2, 0.25) is 0 Å². The maximum absolute atomic E-state index is 13.4. The first-order valence-electron chi connectivity index (χ1n) is 9.74. The van der Waals surface area contributed by atoms with Gasteiger partial charge in [0.25, 0.3) is 0 Å². The Kier molecular flexibility index (Phi) is 3.97. The molecule has 5 rings (SSSR count). The van der Waals surface area contributed by atoms with E-state index in [4.69, 9.17) is 4.99 Å². The second-order valence-corrected chi connectivity index (χ2v) is 9.78. The Morgan fingerprint density at radius 2 is 1.76 bits per heavy atom. The van der Waals surface area contributed by atoms with Gasteiger partial charge in [0.1, 0.15) is 5.75 Å². The predicted octanol–water partition coefficient (Wildman–Crippen LogP) is 5.20. The van der Waals surface area contributed by atoms with Crippen LogP contribution >= 0.6 is 15.9 Å². The van der Waals surface area contributed by atoms with E-state index < -0.39 is 11.8 Å². The fourth-order valence-corrected chi connectivity index (χ4v) is 5.37. The second kappa shape index (κ2) is 6.23. The molecule has 0 saturated carbocycles. The molecule has 0 amide bonds. The van der Waals surface area contributed by atoms with Crippen molar-refractivity contribution in [2.24, 2.45) is 16.3 Å². The summed E-state index contributed by atoms with van der Waals surface area (Å²) < 4.78 is 0.795. The van der Waals surface area contributed by atoms with Crippen molar-refractivity contribution < 1.29 is 14.7 Å². The van der Waals surface area contributed by atoms with E-state index in [1.54, 1.807) is 12.1 Å². The van der Waals surface area contributed by atoms with E-state index in [1.807, 2.05) is 30.3 Å². The number of carbonyl (C=O) groups excluding carboxylic acids is 2. The summed E-state index contributed by atoms with van der Waals surface area (Å²) in [5, 5.41) is 10.7. The van der Waals surface area contributed by atoms with Gasteiger partial charge in [-0.2, -0.15) is 0 Å². The van der Waals surface area contributed by atoms with Crippen molar-refractivity contribution >= 4 is 33.2 Å².